The highest BCUT2D eigenvalue weighted by atomic mass is 32.1. The lowest BCUT2D eigenvalue weighted by Crippen LogP contribution is -1.99. The lowest BCUT2D eigenvalue weighted by atomic mass is 10.2. The van der Waals surface area contributed by atoms with Gasteiger partial charge in [0.1, 0.15) is 10.8 Å². The summed E-state index contributed by atoms with van der Waals surface area (Å²) >= 11 is 1.50. The van der Waals surface area contributed by atoms with E-state index in [1.807, 2.05) is 72.4 Å². The summed E-state index contributed by atoms with van der Waals surface area (Å²) in [5.74, 6) is 1.50. The molecule has 0 bridgehead atoms. The van der Waals surface area contributed by atoms with Gasteiger partial charge in [0.2, 0.25) is 4.96 Å². The molecule has 3 aromatic heterocycles. The van der Waals surface area contributed by atoms with Gasteiger partial charge in [0.25, 0.3) is 0 Å². The predicted octanol–water partition coefficient (Wildman–Crippen LogP) is 4.02. The van der Waals surface area contributed by atoms with E-state index >= 15 is 0 Å². The molecular formula is C20H16N6OS. The number of hydrogen-bond donors (Lipinski definition) is 0. The molecule has 5 aromatic rings. The third-order valence-electron chi connectivity index (χ3n) is 4.58. The minimum atomic E-state index is 0.686. The maximum absolute atomic E-state index is 5.22. The smallest absolute Gasteiger partial charge is 0.235 e. The molecule has 0 N–H and O–H groups in total. The zero-order valence-electron chi connectivity index (χ0n) is 15.3. The SMILES string of the molecule is COc1ccc(-c2nn3c(-c4cnn(-c5ccccc5)c4C)nnc3s2)cc1. The fourth-order valence-corrected chi connectivity index (χ4v) is 3.94. The Labute approximate surface area is 164 Å². The van der Waals surface area contributed by atoms with Crippen LogP contribution in [0.25, 0.3) is 32.6 Å². The molecule has 8 heteroatoms. The number of rotatable bonds is 4. The van der Waals surface area contributed by atoms with Crippen LogP contribution in [-0.4, -0.2) is 36.7 Å². The topological polar surface area (TPSA) is 70.1 Å². The van der Waals surface area contributed by atoms with Crippen molar-refractivity contribution in [2.75, 3.05) is 7.11 Å². The number of para-hydroxylation sites is 1. The Morgan fingerprint density at radius 3 is 2.50 bits per heavy atom. The van der Waals surface area contributed by atoms with Gasteiger partial charge in [-0.05, 0) is 43.3 Å². The van der Waals surface area contributed by atoms with E-state index in [-0.39, 0.29) is 0 Å². The van der Waals surface area contributed by atoms with E-state index in [1.165, 1.54) is 11.3 Å². The van der Waals surface area contributed by atoms with Gasteiger partial charge in [0, 0.05) is 5.56 Å². The van der Waals surface area contributed by atoms with Crippen molar-refractivity contribution in [3.63, 3.8) is 0 Å². The monoisotopic (exact) mass is 388 g/mol. The van der Waals surface area contributed by atoms with Crippen molar-refractivity contribution in [1.82, 2.24) is 29.6 Å². The molecule has 7 nitrogen and oxygen atoms in total. The molecule has 0 atom stereocenters. The molecule has 0 aliphatic heterocycles. The molecule has 138 valence electrons. The molecule has 0 spiro atoms. The van der Waals surface area contributed by atoms with Gasteiger partial charge >= 0.3 is 0 Å². The largest absolute Gasteiger partial charge is 0.497 e. The van der Waals surface area contributed by atoms with Gasteiger partial charge < -0.3 is 4.74 Å². The van der Waals surface area contributed by atoms with Gasteiger partial charge in [-0.15, -0.1) is 10.2 Å². The Balaban J connectivity index is 1.57. The lowest BCUT2D eigenvalue weighted by Gasteiger charge is -2.04. The van der Waals surface area contributed by atoms with Crippen LogP contribution in [0.2, 0.25) is 0 Å². The standard InChI is InChI=1S/C20H16N6OS/c1-13-17(12-21-25(13)15-6-4-3-5-7-15)18-22-23-20-26(18)24-19(28-20)14-8-10-16(27-2)11-9-14/h3-12H,1-2H3. The van der Waals surface area contributed by atoms with E-state index in [2.05, 4.69) is 15.3 Å². The summed E-state index contributed by atoms with van der Waals surface area (Å²) in [4.78, 5) is 0.743. The second-order valence-corrected chi connectivity index (χ2v) is 7.20. The maximum Gasteiger partial charge on any atom is 0.235 e. The summed E-state index contributed by atoms with van der Waals surface area (Å²) in [6.45, 7) is 2.02. The third kappa shape index (κ3) is 2.66. The zero-order chi connectivity index (χ0) is 19.1. The van der Waals surface area contributed by atoms with E-state index in [0.717, 1.165) is 38.2 Å². The molecule has 0 saturated carbocycles. The first-order chi connectivity index (χ1) is 13.7. The van der Waals surface area contributed by atoms with Crippen LogP contribution in [0.15, 0.2) is 60.8 Å². The van der Waals surface area contributed by atoms with Gasteiger partial charge in [0.15, 0.2) is 5.82 Å². The fourth-order valence-electron chi connectivity index (χ4n) is 3.09. The molecule has 0 saturated heterocycles. The third-order valence-corrected chi connectivity index (χ3v) is 5.53. The summed E-state index contributed by atoms with van der Waals surface area (Å²) in [7, 11) is 1.66. The molecular weight excluding hydrogens is 372 g/mol. The predicted molar refractivity (Wildman–Crippen MR) is 108 cm³/mol. The maximum atomic E-state index is 5.22. The van der Waals surface area contributed by atoms with Crippen molar-refractivity contribution in [2.45, 2.75) is 6.92 Å². The first kappa shape index (κ1) is 16.6. The Morgan fingerprint density at radius 1 is 0.964 bits per heavy atom. The van der Waals surface area contributed by atoms with Crippen LogP contribution in [0.5, 0.6) is 5.75 Å². The van der Waals surface area contributed by atoms with E-state index < -0.39 is 0 Å². The number of methoxy groups -OCH3 is 1. The number of aromatic nitrogens is 6. The first-order valence-electron chi connectivity index (χ1n) is 8.71. The molecule has 0 radical (unpaired) electrons. The molecule has 0 fully saturated rings. The van der Waals surface area contributed by atoms with E-state index in [1.54, 1.807) is 11.6 Å². The Hall–Kier alpha value is -3.52. The number of hydrogen-bond acceptors (Lipinski definition) is 6. The van der Waals surface area contributed by atoms with Crippen LogP contribution in [0.4, 0.5) is 0 Å². The molecule has 0 aliphatic rings. The fraction of sp³-hybridized carbons (Fsp3) is 0.100. The van der Waals surface area contributed by atoms with Crippen LogP contribution in [0.1, 0.15) is 5.69 Å². The van der Waals surface area contributed by atoms with E-state index in [0.29, 0.717) is 5.82 Å². The van der Waals surface area contributed by atoms with E-state index in [4.69, 9.17) is 9.84 Å². The summed E-state index contributed by atoms with van der Waals surface area (Å²) in [5.41, 5.74) is 3.91. The average Bonchev–Trinajstić information content (AvgIpc) is 3.43. The second-order valence-electron chi connectivity index (χ2n) is 6.24. The first-order valence-corrected chi connectivity index (χ1v) is 9.53. The number of ether oxygens (including phenoxy) is 1. The molecule has 2 aromatic carbocycles. The normalized spacial score (nSPS) is 11.2. The van der Waals surface area contributed by atoms with Crippen molar-refractivity contribution in [3.05, 3.63) is 66.5 Å². The van der Waals surface area contributed by atoms with E-state index in [9.17, 15) is 0 Å². The lowest BCUT2D eigenvalue weighted by molar-refractivity contribution is 0.415. The van der Waals surface area contributed by atoms with Gasteiger partial charge in [-0.3, -0.25) is 0 Å². The zero-order valence-corrected chi connectivity index (χ0v) is 16.1. The Bertz CT molecular complexity index is 1250. The van der Waals surface area contributed by atoms with Gasteiger partial charge in [-0.2, -0.15) is 14.7 Å². The summed E-state index contributed by atoms with van der Waals surface area (Å²) in [5, 5.41) is 18.8. The van der Waals surface area contributed by atoms with Crippen molar-refractivity contribution in [1.29, 1.82) is 0 Å². The van der Waals surface area contributed by atoms with Crippen LogP contribution < -0.4 is 4.74 Å². The highest BCUT2D eigenvalue weighted by molar-refractivity contribution is 7.19. The Kier molecular flexibility index (Phi) is 3.91. The quantitative estimate of drug-likeness (QED) is 0.465. The van der Waals surface area contributed by atoms with Crippen molar-refractivity contribution in [2.24, 2.45) is 0 Å². The summed E-state index contributed by atoms with van der Waals surface area (Å²) < 4.78 is 8.90. The van der Waals surface area contributed by atoms with Crippen LogP contribution in [0, 0.1) is 6.92 Å². The molecule has 28 heavy (non-hydrogen) atoms. The minimum absolute atomic E-state index is 0.686. The van der Waals surface area contributed by atoms with Crippen LogP contribution in [-0.2, 0) is 0 Å². The van der Waals surface area contributed by atoms with Gasteiger partial charge in [-0.25, -0.2) is 4.68 Å². The molecule has 0 amide bonds. The number of nitrogens with zero attached hydrogens (tertiary/aromatic N) is 6. The number of benzene rings is 2. The second kappa shape index (κ2) is 6.58. The Morgan fingerprint density at radius 2 is 1.75 bits per heavy atom. The van der Waals surface area contributed by atoms with Gasteiger partial charge in [-0.1, -0.05) is 29.5 Å². The average molecular weight is 388 g/mol. The minimum Gasteiger partial charge on any atom is -0.497 e. The van der Waals surface area contributed by atoms with Crippen LogP contribution >= 0.6 is 11.3 Å². The highest BCUT2D eigenvalue weighted by Crippen LogP contribution is 2.30. The summed E-state index contributed by atoms with van der Waals surface area (Å²) in [6.07, 6.45) is 1.81. The van der Waals surface area contributed by atoms with Crippen molar-refractivity contribution in [3.8, 4) is 33.4 Å². The molecule has 0 unspecified atom stereocenters. The van der Waals surface area contributed by atoms with Crippen molar-refractivity contribution >= 4 is 16.3 Å². The number of fused-ring (bicyclic) bond motifs is 1. The van der Waals surface area contributed by atoms with Gasteiger partial charge in [0.05, 0.1) is 30.3 Å². The molecule has 5 rings (SSSR count). The van der Waals surface area contributed by atoms with Crippen LogP contribution in [0.3, 0.4) is 0 Å². The molecule has 0 aliphatic carbocycles. The van der Waals surface area contributed by atoms with Crippen molar-refractivity contribution < 1.29 is 4.74 Å². The summed E-state index contributed by atoms with van der Waals surface area (Å²) in [6, 6.07) is 17.8. The molecule has 3 heterocycles. The highest BCUT2D eigenvalue weighted by Gasteiger charge is 2.19.